The molecule has 2 rings (SSSR count). The smallest absolute Gasteiger partial charge is 0.106 e. The van der Waals surface area contributed by atoms with Gasteiger partial charge in [-0.15, -0.1) is 0 Å². The lowest BCUT2D eigenvalue weighted by Gasteiger charge is -2.17. The molecule has 3 heteroatoms. The quantitative estimate of drug-likeness (QED) is 0.591. The second kappa shape index (κ2) is 8.58. The van der Waals surface area contributed by atoms with E-state index in [2.05, 4.69) is 85.6 Å². The predicted molar refractivity (Wildman–Crippen MR) is 102 cm³/mol. The molecular formula is C20H29BrN2. The van der Waals surface area contributed by atoms with Gasteiger partial charge in [0.15, 0.2) is 0 Å². The van der Waals surface area contributed by atoms with E-state index in [0.717, 1.165) is 17.4 Å². The lowest BCUT2D eigenvalue weighted by molar-refractivity contribution is 0.410. The molecule has 0 bridgehead atoms. The third-order valence-electron chi connectivity index (χ3n) is 2.98. The number of aromatic nitrogens is 2. The highest BCUT2D eigenvalue weighted by molar-refractivity contribution is 9.10. The Morgan fingerprint density at radius 1 is 0.870 bits per heavy atom. The summed E-state index contributed by atoms with van der Waals surface area (Å²) in [5.74, 6) is 0. The van der Waals surface area contributed by atoms with Crippen LogP contribution in [0.2, 0.25) is 0 Å². The fourth-order valence-corrected chi connectivity index (χ4v) is 2.69. The van der Waals surface area contributed by atoms with Crippen LogP contribution >= 0.6 is 15.9 Å². The van der Waals surface area contributed by atoms with Crippen LogP contribution in [0.1, 0.15) is 52.7 Å². The third kappa shape index (κ3) is 10.2. The maximum Gasteiger partial charge on any atom is 0.106 e. The molecule has 0 atom stereocenters. The fourth-order valence-electron chi connectivity index (χ4n) is 2.28. The average molecular weight is 377 g/mol. The lowest BCUT2D eigenvalue weighted by atomic mass is 9.89. The first kappa shape index (κ1) is 19.8. The highest BCUT2D eigenvalue weighted by Crippen LogP contribution is 2.21. The van der Waals surface area contributed by atoms with E-state index < -0.39 is 0 Å². The monoisotopic (exact) mass is 376 g/mol. The number of nitrogens with zero attached hydrogens (tertiary/aromatic N) is 2. The second-order valence-electron chi connectivity index (χ2n) is 8.32. The minimum absolute atomic E-state index is 0.348. The van der Waals surface area contributed by atoms with Crippen LogP contribution in [0.4, 0.5) is 0 Å². The number of halogens is 1. The number of pyridine rings is 2. The number of hydrogen-bond acceptors (Lipinski definition) is 2. The molecule has 0 aliphatic rings. The van der Waals surface area contributed by atoms with E-state index in [1.54, 1.807) is 0 Å². The molecule has 0 amide bonds. The molecule has 2 aromatic heterocycles. The summed E-state index contributed by atoms with van der Waals surface area (Å²) in [5.41, 5.74) is 3.37. The number of rotatable bonds is 2. The highest BCUT2D eigenvalue weighted by Gasteiger charge is 2.11. The summed E-state index contributed by atoms with van der Waals surface area (Å²) in [5, 5.41) is 0. The molecule has 0 radical (unpaired) electrons. The molecule has 2 aromatic rings. The van der Waals surface area contributed by atoms with E-state index in [9.17, 15) is 0 Å². The average Bonchev–Trinajstić information content (AvgIpc) is 2.36. The van der Waals surface area contributed by atoms with E-state index in [-0.39, 0.29) is 0 Å². The van der Waals surface area contributed by atoms with Crippen molar-refractivity contribution in [3.63, 3.8) is 0 Å². The zero-order valence-corrected chi connectivity index (χ0v) is 16.8. The summed E-state index contributed by atoms with van der Waals surface area (Å²) in [6, 6.07) is 8.25. The molecular weight excluding hydrogens is 348 g/mol. The zero-order chi connectivity index (χ0) is 17.5. The predicted octanol–water partition coefficient (Wildman–Crippen LogP) is 6.10. The van der Waals surface area contributed by atoms with Crippen LogP contribution in [0.5, 0.6) is 0 Å². The van der Waals surface area contributed by atoms with Gasteiger partial charge in [-0.1, -0.05) is 47.6 Å². The van der Waals surface area contributed by atoms with Gasteiger partial charge in [0.25, 0.3) is 0 Å². The van der Waals surface area contributed by atoms with Crippen molar-refractivity contribution in [3.8, 4) is 0 Å². The Bertz CT molecular complexity index is 581. The largest absolute Gasteiger partial charge is 0.264 e. The van der Waals surface area contributed by atoms with Crippen LogP contribution in [-0.4, -0.2) is 9.97 Å². The summed E-state index contributed by atoms with van der Waals surface area (Å²) in [4.78, 5) is 8.16. The van der Waals surface area contributed by atoms with Gasteiger partial charge >= 0.3 is 0 Å². The maximum atomic E-state index is 4.09. The van der Waals surface area contributed by atoms with E-state index >= 15 is 0 Å². The molecule has 0 aliphatic carbocycles. The topological polar surface area (TPSA) is 25.8 Å². The Kier molecular flexibility index (Phi) is 7.40. The molecule has 0 saturated heterocycles. The SMILES string of the molecule is CC(C)(C)Cc1cccnc1.CC(C)(C)Cc1ccnc(Br)c1. The standard InChI is InChI=1S/C10H14BrN.C10H15N/c1-10(2,3)7-8-4-5-12-9(11)6-8;1-10(2,3)7-9-5-4-6-11-8-9/h4-6H,7H2,1-3H3;4-6,8H,7H2,1-3H3. The van der Waals surface area contributed by atoms with Crippen molar-refractivity contribution >= 4 is 15.9 Å². The van der Waals surface area contributed by atoms with Gasteiger partial charge in [-0.05, 0) is 68.9 Å². The van der Waals surface area contributed by atoms with E-state index in [4.69, 9.17) is 0 Å². The first-order chi connectivity index (χ1) is 10.6. The summed E-state index contributed by atoms with van der Waals surface area (Å²) in [6.07, 6.45) is 7.78. The van der Waals surface area contributed by atoms with Crippen molar-refractivity contribution in [1.82, 2.24) is 9.97 Å². The van der Waals surface area contributed by atoms with Gasteiger partial charge in [-0.2, -0.15) is 0 Å². The molecule has 2 heterocycles. The van der Waals surface area contributed by atoms with Crippen LogP contribution in [0, 0.1) is 10.8 Å². The Morgan fingerprint density at radius 2 is 1.48 bits per heavy atom. The van der Waals surface area contributed by atoms with Gasteiger partial charge in [0, 0.05) is 18.6 Å². The van der Waals surface area contributed by atoms with Gasteiger partial charge in [0.1, 0.15) is 4.60 Å². The third-order valence-corrected chi connectivity index (χ3v) is 3.42. The van der Waals surface area contributed by atoms with Crippen molar-refractivity contribution in [2.45, 2.75) is 54.4 Å². The first-order valence-corrected chi connectivity index (χ1v) is 8.84. The fraction of sp³-hybridized carbons (Fsp3) is 0.500. The maximum absolute atomic E-state index is 4.09. The van der Waals surface area contributed by atoms with Crippen LogP contribution in [0.15, 0.2) is 47.5 Å². The Balaban J connectivity index is 0.000000231. The van der Waals surface area contributed by atoms with E-state index in [1.807, 2.05) is 24.7 Å². The van der Waals surface area contributed by atoms with E-state index in [1.165, 1.54) is 11.1 Å². The van der Waals surface area contributed by atoms with Crippen molar-refractivity contribution < 1.29 is 0 Å². The molecule has 23 heavy (non-hydrogen) atoms. The lowest BCUT2D eigenvalue weighted by Crippen LogP contribution is -2.09. The summed E-state index contributed by atoms with van der Waals surface area (Å²) >= 11 is 3.36. The van der Waals surface area contributed by atoms with Gasteiger partial charge in [-0.25, -0.2) is 4.98 Å². The van der Waals surface area contributed by atoms with Crippen LogP contribution in [0.25, 0.3) is 0 Å². The summed E-state index contributed by atoms with van der Waals surface area (Å²) in [6.45, 7) is 13.4. The van der Waals surface area contributed by atoms with Gasteiger partial charge < -0.3 is 0 Å². The molecule has 0 unspecified atom stereocenters. The molecule has 126 valence electrons. The molecule has 0 saturated carbocycles. The van der Waals surface area contributed by atoms with Crippen LogP contribution in [-0.2, 0) is 12.8 Å². The zero-order valence-electron chi connectivity index (χ0n) is 15.2. The Morgan fingerprint density at radius 3 is 1.96 bits per heavy atom. The molecule has 0 N–H and O–H groups in total. The van der Waals surface area contributed by atoms with Crippen molar-refractivity contribution in [3.05, 3.63) is 58.6 Å². The molecule has 2 nitrogen and oxygen atoms in total. The van der Waals surface area contributed by atoms with Crippen LogP contribution in [0.3, 0.4) is 0 Å². The number of hydrogen-bond donors (Lipinski definition) is 0. The Labute approximate surface area is 149 Å². The Hall–Kier alpha value is -1.22. The molecule has 0 aliphatic heterocycles. The van der Waals surface area contributed by atoms with Gasteiger partial charge in [0.2, 0.25) is 0 Å². The first-order valence-electron chi connectivity index (χ1n) is 8.04. The minimum Gasteiger partial charge on any atom is -0.264 e. The van der Waals surface area contributed by atoms with Crippen molar-refractivity contribution in [2.24, 2.45) is 10.8 Å². The minimum atomic E-state index is 0.348. The summed E-state index contributed by atoms with van der Waals surface area (Å²) < 4.78 is 0.921. The van der Waals surface area contributed by atoms with E-state index in [0.29, 0.717) is 10.8 Å². The van der Waals surface area contributed by atoms with Crippen molar-refractivity contribution in [2.75, 3.05) is 0 Å². The molecule has 0 fully saturated rings. The van der Waals surface area contributed by atoms with Gasteiger partial charge in [-0.3, -0.25) is 4.98 Å². The van der Waals surface area contributed by atoms with Crippen molar-refractivity contribution in [1.29, 1.82) is 0 Å². The molecule has 0 spiro atoms. The van der Waals surface area contributed by atoms with Gasteiger partial charge in [0.05, 0.1) is 0 Å². The van der Waals surface area contributed by atoms with Crippen LogP contribution < -0.4 is 0 Å². The second-order valence-corrected chi connectivity index (χ2v) is 9.14. The highest BCUT2D eigenvalue weighted by atomic mass is 79.9. The normalized spacial score (nSPS) is 11.6. The summed E-state index contributed by atoms with van der Waals surface area (Å²) in [7, 11) is 0. The molecule has 0 aromatic carbocycles.